The highest BCUT2D eigenvalue weighted by molar-refractivity contribution is 6.04. The van der Waals surface area contributed by atoms with Crippen LogP contribution in [0, 0.1) is 13.8 Å². The highest BCUT2D eigenvalue weighted by Gasteiger charge is 2.25. The van der Waals surface area contributed by atoms with Crippen LogP contribution < -0.4 is 0 Å². The summed E-state index contributed by atoms with van der Waals surface area (Å²) in [5.41, 5.74) is 2.88. The molecule has 8 nitrogen and oxygen atoms in total. The van der Waals surface area contributed by atoms with E-state index < -0.39 is 0 Å². The Bertz CT molecular complexity index is 831. The minimum Gasteiger partial charge on any atom is -0.355 e. The number of H-pyrrole nitrogens is 1. The van der Waals surface area contributed by atoms with Crippen molar-refractivity contribution in [2.24, 2.45) is 0 Å². The van der Waals surface area contributed by atoms with E-state index in [9.17, 15) is 9.59 Å². The van der Waals surface area contributed by atoms with Gasteiger partial charge in [-0.15, -0.1) is 0 Å². The third-order valence-electron chi connectivity index (χ3n) is 5.04. The molecule has 27 heavy (non-hydrogen) atoms. The lowest BCUT2D eigenvalue weighted by Crippen LogP contribution is -2.47. The van der Waals surface area contributed by atoms with E-state index in [2.05, 4.69) is 24.9 Å². The fourth-order valence-electron chi connectivity index (χ4n) is 3.74. The number of aromatic amines is 1. The zero-order valence-electron chi connectivity index (χ0n) is 16.5. The Balaban J connectivity index is 1.58. The van der Waals surface area contributed by atoms with Crippen LogP contribution in [0.1, 0.15) is 57.7 Å². The van der Waals surface area contributed by atoms with Crippen molar-refractivity contribution in [3.05, 3.63) is 34.2 Å². The van der Waals surface area contributed by atoms with Crippen molar-refractivity contribution < 1.29 is 14.1 Å². The van der Waals surface area contributed by atoms with Crippen molar-refractivity contribution in [2.75, 3.05) is 32.7 Å². The molecule has 0 atom stereocenters. The second-order valence-corrected chi connectivity index (χ2v) is 7.09. The second-order valence-electron chi connectivity index (χ2n) is 7.09. The highest BCUT2D eigenvalue weighted by Crippen LogP contribution is 2.21. The molecule has 146 valence electrons. The molecule has 0 radical (unpaired) electrons. The lowest BCUT2D eigenvalue weighted by atomic mass is 10.0. The standard InChI is InChI=1S/C19H27N5O3/c1-5-15-18(13(3)25)12(2)20-19(15)16(26)10-23-6-8-24(9-7-23)11-17-21-14(4)27-22-17/h20H,5-11H2,1-4H3. The predicted octanol–water partition coefficient (Wildman–Crippen LogP) is 1.78. The number of nitrogens with one attached hydrogen (secondary N) is 1. The van der Waals surface area contributed by atoms with E-state index in [4.69, 9.17) is 4.52 Å². The minimum atomic E-state index is 0.00460. The number of carbonyl (C=O) groups excluding carboxylic acids is 2. The Morgan fingerprint density at radius 3 is 2.37 bits per heavy atom. The molecule has 0 bridgehead atoms. The summed E-state index contributed by atoms with van der Waals surface area (Å²) in [4.78, 5) is 36.5. The van der Waals surface area contributed by atoms with Gasteiger partial charge < -0.3 is 9.51 Å². The van der Waals surface area contributed by atoms with Crippen molar-refractivity contribution in [2.45, 2.75) is 40.7 Å². The van der Waals surface area contributed by atoms with Gasteiger partial charge in [0.2, 0.25) is 5.89 Å². The molecule has 0 saturated carbocycles. The first kappa shape index (κ1) is 19.4. The van der Waals surface area contributed by atoms with Crippen LogP contribution in [0.5, 0.6) is 0 Å². The highest BCUT2D eigenvalue weighted by atomic mass is 16.5. The van der Waals surface area contributed by atoms with E-state index in [1.54, 1.807) is 13.8 Å². The molecule has 0 amide bonds. The third-order valence-corrected chi connectivity index (χ3v) is 5.04. The minimum absolute atomic E-state index is 0.00460. The first-order valence-electron chi connectivity index (χ1n) is 9.38. The van der Waals surface area contributed by atoms with Crippen LogP contribution in [0.25, 0.3) is 0 Å². The second kappa shape index (κ2) is 8.14. The van der Waals surface area contributed by atoms with Crippen LogP contribution >= 0.6 is 0 Å². The van der Waals surface area contributed by atoms with Gasteiger partial charge in [0.05, 0.1) is 18.8 Å². The van der Waals surface area contributed by atoms with Gasteiger partial charge in [-0.2, -0.15) is 4.98 Å². The van der Waals surface area contributed by atoms with Gasteiger partial charge in [-0.3, -0.25) is 19.4 Å². The monoisotopic (exact) mass is 373 g/mol. The van der Waals surface area contributed by atoms with Gasteiger partial charge >= 0.3 is 0 Å². The van der Waals surface area contributed by atoms with E-state index in [1.807, 2.05) is 13.8 Å². The summed E-state index contributed by atoms with van der Waals surface area (Å²) >= 11 is 0. The first-order chi connectivity index (χ1) is 12.9. The quantitative estimate of drug-likeness (QED) is 0.739. The molecule has 0 aromatic carbocycles. The van der Waals surface area contributed by atoms with E-state index in [1.165, 1.54) is 0 Å². The lowest BCUT2D eigenvalue weighted by molar-refractivity contribution is 0.0834. The summed E-state index contributed by atoms with van der Waals surface area (Å²) in [5.74, 6) is 1.32. The number of hydrogen-bond acceptors (Lipinski definition) is 7. The molecule has 1 fully saturated rings. The average molecular weight is 373 g/mol. The largest absolute Gasteiger partial charge is 0.355 e. The molecule has 8 heteroatoms. The van der Waals surface area contributed by atoms with Crippen molar-refractivity contribution in [3.8, 4) is 0 Å². The number of ketones is 2. The van der Waals surface area contributed by atoms with Crippen LogP contribution in [0.15, 0.2) is 4.52 Å². The zero-order chi connectivity index (χ0) is 19.6. The number of aryl methyl sites for hydroxylation is 2. The SMILES string of the molecule is CCc1c(C(=O)CN2CCN(Cc3noc(C)n3)CC2)[nH]c(C)c1C(C)=O. The zero-order valence-corrected chi connectivity index (χ0v) is 16.5. The Morgan fingerprint density at radius 2 is 1.81 bits per heavy atom. The number of nitrogens with zero attached hydrogens (tertiary/aromatic N) is 4. The Morgan fingerprint density at radius 1 is 1.15 bits per heavy atom. The molecular weight excluding hydrogens is 346 g/mol. The number of rotatable bonds is 7. The summed E-state index contributed by atoms with van der Waals surface area (Å²) in [5, 5.41) is 3.93. The Hall–Kier alpha value is -2.32. The topological polar surface area (TPSA) is 95.3 Å². The van der Waals surface area contributed by atoms with Gasteiger partial charge in [0.1, 0.15) is 0 Å². The molecule has 3 rings (SSSR count). The lowest BCUT2D eigenvalue weighted by Gasteiger charge is -2.33. The normalized spacial score (nSPS) is 16.0. The maximum absolute atomic E-state index is 12.8. The molecule has 1 aliphatic heterocycles. The van der Waals surface area contributed by atoms with E-state index in [0.29, 0.717) is 42.5 Å². The van der Waals surface area contributed by atoms with Crippen molar-refractivity contribution in [1.29, 1.82) is 0 Å². The molecule has 1 saturated heterocycles. The average Bonchev–Trinajstić information content (AvgIpc) is 3.19. The molecule has 1 aliphatic rings. The van der Waals surface area contributed by atoms with Gasteiger partial charge in [0.25, 0.3) is 0 Å². The molecule has 0 unspecified atom stereocenters. The molecule has 0 aliphatic carbocycles. The number of hydrogen-bond donors (Lipinski definition) is 1. The van der Waals surface area contributed by atoms with Crippen molar-refractivity contribution >= 4 is 11.6 Å². The summed E-state index contributed by atoms with van der Waals surface area (Å²) in [6, 6.07) is 0. The van der Waals surface area contributed by atoms with E-state index in [-0.39, 0.29) is 11.6 Å². The van der Waals surface area contributed by atoms with Gasteiger partial charge in [-0.25, -0.2) is 0 Å². The van der Waals surface area contributed by atoms with Crippen LogP contribution in [-0.2, 0) is 13.0 Å². The van der Waals surface area contributed by atoms with Crippen molar-refractivity contribution in [3.63, 3.8) is 0 Å². The summed E-state index contributed by atoms with van der Waals surface area (Å²) in [6.07, 6.45) is 0.665. The number of Topliss-reactive ketones (excluding diaryl/α,β-unsaturated/α-hetero) is 2. The Labute approximate surface area is 158 Å². The van der Waals surface area contributed by atoms with Gasteiger partial charge in [0, 0.05) is 44.4 Å². The number of piperazine rings is 1. The van der Waals surface area contributed by atoms with Gasteiger partial charge in [-0.05, 0) is 25.8 Å². The van der Waals surface area contributed by atoms with Crippen LogP contribution in [0.3, 0.4) is 0 Å². The molecular formula is C19H27N5O3. The molecule has 2 aromatic rings. The summed E-state index contributed by atoms with van der Waals surface area (Å²) in [6.45, 7) is 11.5. The number of aromatic nitrogens is 3. The molecule has 3 heterocycles. The van der Waals surface area contributed by atoms with Gasteiger partial charge in [-0.1, -0.05) is 12.1 Å². The molecule has 1 N–H and O–H groups in total. The van der Waals surface area contributed by atoms with Gasteiger partial charge in [0.15, 0.2) is 17.4 Å². The number of carbonyl (C=O) groups is 2. The van der Waals surface area contributed by atoms with E-state index in [0.717, 1.165) is 37.4 Å². The fraction of sp³-hybridized carbons (Fsp3) is 0.579. The Kier molecular flexibility index (Phi) is 5.86. The smallest absolute Gasteiger partial charge is 0.223 e. The first-order valence-corrected chi connectivity index (χ1v) is 9.38. The van der Waals surface area contributed by atoms with E-state index >= 15 is 0 Å². The maximum atomic E-state index is 12.8. The van der Waals surface area contributed by atoms with Crippen LogP contribution in [0.2, 0.25) is 0 Å². The maximum Gasteiger partial charge on any atom is 0.223 e. The summed E-state index contributed by atoms with van der Waals surface area (Å²) in [7, 11) is 0. The molecule has 2 aromatic heterocycles. The summed E-state index contributed by atoms with van der Waals surface area (Å²) < 4.78 is 5.01. The third kappa shape index (κ3) is 4.33. The fourth-order valence-corrected chi connectivity index (χ4v) is 3.74. The molecule has 0 spiro atoms. The van der Waals surface area contributed by atoms with Crippen LogP contribution in [0.4, 0.5) is 0 Å². The van der Waals surface area contributed by atoms with Crippen molar-refractivity contribution in [1.82, 2.24) is 24.9 Å². The van der Waals surface area contributed by atoms with Crippen LogP contribution in [-0.4, -0.2) is 69.2 Å². The predicted molar refractivity (Wildman–Crippen MR) is 100.0 cm³/mol.